The van der Waals surface area contributed by atoms with Gasteiger partial charge in [0, 0.05) is 18.8 Å². The van der Waals surface area contributed by atoms with Gasteiger partial charge in [-0.2, -0.15) is 0 Å². The lowest BCUT2D eigenvalue weighted by Crippen LogP contribution is -2.31. The smallest absolute Gasteiger partial charge is 0.275 e. The van der Waals surface area contributed by atoms with Gasteiger partial charge >= 0.3 is 0 Å². The van der Waals surface area contributed by atoms with E-state index < -0.39 is 0 Å². The van der Waals surface area contributed by atoms with Gasteiger partial charge in [0.1, 0.15) is 11.5 Å². The van der Waals surface area contributed by atoms with Crippen LogP contribution in [0.25, 0.3) is 0 Å². The molecule has 1 aromatic heterocycles. The van der Waals surface area contributed by atoms with Crippen LogP contribution < -0.4 is 10.2 Å². The first kappa shape index (κ1) is 19.1. The van der Waals surface area contributed by atoms with E-state index in [2.05, 4.69) is 64.4 Å². The number of aryl methyl sites for hydroxylation is 1. The van der Waals surface area contributed by atoms with Crippen molar-refractivity contribution in [1.82, 2.24) is 9.97 Å². The van der Waals surface area contributed by atoms with Gasteiger partial charge in [-0.1, -0.05) is 56.3 Å². The molecule has 5 nitrogen and oxygen atoms in total. The lowest BCUT2D eigenvalue weighted by atomic mass is 9.98. The molecule has 0 radical (unpaired) electrons. The van der Waals surface area contributed by atoms with Crippen molar-refractivity contribution in [3.05, 3.63) is 82.8 Å². The van der Waals surface area contributed by atoms with Gasteiger partial charge in [0.05, 0.1) is 12.4 Å². The maximum absolute atomic E-state index is 12.8. The fourth-order valence-electron chi connectivity index (χ4n) is 3.81. The Kier molecular flexibility index (Phi) is 5.30. The third-order valence-corrected chi connectivity index (χ3v) is 5.49. The summed E-state index contributed by atoms with van der Waals surface area (Å²) in [5, 5.41) is 3.03. The van der Waals surface area contributed by atoms with Crippen LogP contribution in [0.15, 0.2) is 54.9 Å². The fourth-order valence-corrected chi connectivity index (χ4v) is 3.81. The Labute approximate surface area is 171 Å². The molecule has 0 aliphatic carbocycles. The van der Waals surface area contributed by atoms with Gasteiger partial charge < -0.3 is 10.2 Å². The van der Waals surface area contributed by atoms with Crippen LogP contribution >= 0.6 is 0 Å². The molecule has 1 amide bonds. The first-order chi connectivity index (χ1) is 14.0. The minimum Gasteiger partial charge on any atom is -0.351 e. The minimum atomic E-state index is -0.232. The highest BCUT2D eigenvalue weighted by Gasteiger charge is 2.19. The number of amides is 1. The van der Waals surface area contributed by atoms with E-state index in [1.165, 1.54) is 11.1 Å². The predicted molar refractivity (Wildman–Crippen MR) is 116 cm³/mol. The molecule has 0 fully saturated rings. The largest absolute Gasteiger partial charge is 0.351 e. The number of anilines is 2. The van der Waals surface area contributed by atoms with E-state index in [4.69, 9.17) is 0 Å². The highest BCUT2D eigenvalue weighted by Crippen LogP contribution is 2.28. The lowest BCUT2D eigenvalue weighted by Gasteiger charge is -2.29. The number of carbonyl (C=O) groups excluding carboxylic acids is 1. The molecule has 0 bridgehead atoms. The Balaban J connectivity index is 1.50. The fraction of sp³-hybridized carbons (Fsp3) is 0.292. The molecule has 5 heteroatoms. The molecule has 0 saturated heterocycles. The van der Waals surface area contributed by atoms with Gasteiger partial charge in [0.25, 0.3) is 5.91 Å². The monoisotopic (exact) mass is 386 g/mol. The number of aromatic nitrogens is 2. The van der Waals surface area contributed by atoms with Crippen LogP contribution in [0.3, 0.4) is 0 Å². The summed E-state index contributed by atoms with van der Waals surface area (Å²) in [5.74, 6) is 0.889. The Bertz CT molecular complexity index is 1030. The summed E-state index contributed by atoms with van der Waals surface area (Å²) in [6, 6.07) is 14.6. The zero-order valence-electron chi connectivity index (χ0n) is 17.1. The van der Waals surface area contributed by atoms with Crippen molar-refractivity contribution in [1.29, 1.82) is 0 Å². The molecule has 3 aromatic rings. The zero-order chi connectivity index (χ0) is 20.4. The van der Waals surface area contributed by atoms with Crippen LogP contribution in [-0.4, -0.2) is 22.4 Å². The normalized spacial score (nSPS) is 13.3. The molecule has 2 heterocycles. The molecule has 29 heavy (non-hydrogen) atoms. The van der Waals surface area contributed by atoms with Gasteiger partial charge in [-0.15, -0.1) is 0 Å². The second-order valence-corrected chi connectivity index (χ2v) is 7.85. The van der Waals surface area contributed by atoms with Gasteiger partial charge in [-0.3, -0.25) is 4.79 Å². The van der Waals surface area contributed by atoms with E-state index in [0.29, 0.717) is 11.6 Å². The lowest BCUT2D eigenvalue weighted by molar-refractivity contribution is 0.102. The second kappa shape index (κ2) is 8.03. The maximum atomic E-state index is 12.8. The van der Waals surface area contributed by atoms with Gasteiger partial charge in [0.15, 0.2) is 0 Å². The molecule has 0 spiro atoms. The molecular formula is C24H26N4O. The number of hydrogen-bond acceptors (Lipinski definition) is 4. The molecule has 1 N–H and O–H groups in total. The van der Waals surface area contributed by atoms with Crippen molar-refractivity contribution in [3.8, 4) is 0 Å². The average Bonchev–Trinajstić information content (AvgIpc) is 2.74. The van der Waals surface area contributed by atoms with E-state index >= 15 is 0 Å². The Morgan fingerprint density at radius 1 is 1.03 bits per heavy atom. The van der Waals surface area contributed by atoms with Gasteiger partial charge in [-0.05, 0) is 41.5 Å². The minimum absolute atomic E-state index is 0.232. The summed E-state index contributed by atoms with van der Waals surface area (Å²) in [4.78, 5) is 23.9. The summed E-state index contributed by atoms with van der Waals surface area (Å²) in [6.07, 6.45) is 4.26. The van der Waals surface area contributed by atoms with E-state index in [1.54, 1.807) is 12.4 Å². The molecular weight excluding hydrogens is 360 g/mol. The highest BCUT2D eigenvalue weighted by molar-refractivity contribution is 6.03. The summed E-state index contributed by atoms with van der Waals surface area (Å²) in [5.41, 5.74) is 6.07. The van der Waals surface area contributed by atoms with Crippen LogP contribution in [0.5, 0.6) is 0 Å². The SMILES string of the molecule is Cc1cccc(C(C)C)c1NC(=O)c1cnc(N2CCc3ccccc3C2)cn1. The molecule has 4 rings (SSSR count). The summed E-state index contributed by atoms with van der Waals surface area (Å²) >= 11 is 0. The quantitative estimate of drug-likeness (QED) is 0.705. The number of benzene rings is 2. The standard InChI is InChI=1S/C24H26N4O/c1-16(2)20-10-6-7-17(3)23(20)27-24(29)21-13-26-22(14-25-21)28-12-11-18-8-4-5-9-19(18)15-28/h4-10,13-14,16H,11-12,15H2,1-3H3,(H,27,29). The van der Waals surface area contributed by atoms with Crippen molar-refractivity contribution in [2.45, 2.75) is 39.7 Å². The Morgan fingerprint density at radius 3 is 2.55 bits per heavy atom. The van der Waals surface area contributed by atoms with Crippen LogP contribution in [0, 0.1) is 6.92 Å². The zero-order valence-corrected chi connectivity index (χ0v) is 17.1. The van der Waals surface area contributed by atoms with Crippen LogP contribution in [-0.2, 0) is 13.0 Å². The van der Waals surface area contributed by atoms with Crippen LogP contribution in [0.2, 0.25) is 0 Å². The third kappa shape index (κ3) is 3.99. The van der Waals surface area contributed by atoms with Crippen molar-refractivity contribution in [2.75, 3.05) is 16.8 Å². The Morgan fingerprint density at radius 2 is 1.83 bits per heavy atom. The first-order valence-electron chi connectivity index (χ1n) is 10.1. The molecule has 0 saturated carbocycles. The predicted octanol–water partition coefficient (Wildman–Crippen LogP) is 4.72. The van der Waals surface area contributed by atoms with Crippen molar-refractivity contribution in [2.24, 2.45) is 0 Å². The maximum Gasteiger partial charge on any atom is 0.275 e. The summed E-state index contributed by atoms with van der Waals surface area (Å²) < 4.78 is 0. The first-order valence-corrected chi connectivity index (χ1v) is 10.1. The third-order valence-electron chi connectivity index (χ3n) is 5.49. The molecule has 1 aliphatic heterocycles. The molecule has 1 aliphatic rings. The molecule has 148 valence electrons. The van der Waals surface area contributed by atoms with E-state index in [0.717, 1.165) is 42.1 Å². The van der Waals surface area contributed by atoms with Crippen molar-refractivity contribution >= 4 is 17.4 Å². The second-order valence-electron chi connectivity index (χ2n) is 7.85. The number of hydrogen-bond donors (Lipinski definition) is 1. The summed E-state index contributed by atoms with van der Waals surface area (Å²) in [7, 11) is 0. The number of nitrogens with one attached hydrogen (secondary N) is 1. The summed E-state index contributed by atoms with van der Waals surface area (Å²) in [6.45, 7) is 7.96. The topological polar surface area (TPSA) is 58.1 Å². The average molecular weight is 386 g/mol. The van der Waals surface area contributed by atoms with E-state index in [9.17, 15) is 4.79 Å². The molecule has 0 atom stereocenters. The van der Waals surface area contributed by atoms with Crippen molar-refractivity contribution < 1.29 is 4.79 Å². The Hall–Kier alpha value is -3.21. The molecule has 0 unspecified atom stereocenters. The number of para-hydroxylation sites is 1. The highest BCUT2D eigenvalue weighted by atomic mass is 16.1. The van der Waals surface area contributed by atoms with E-state index in [1.807, 2.05) is 19.1 Å². The number of nitrogens with zero attached hydrogens (tertiary/aromatic N) is 3. The number of carbonyl (C=O) groups is 1. The molecule has 2 aromatic carbocycles. The van der Waals surface area contributed by atoms with Gasteiger partial charge in [0.2, 0.25) is 0 Å². The van der Waals surface area contributed by atoms with Crippen molar-refractivity contribution in [3.63, 3.8) is 0 Å². The van der Waals surface area contributed by atoms with Crippen LogP contribution in [0.4, 0.5) is 11.5 Å². The number of fused-ring (bicyclic) bond motifs is 1. The van der Waals surface area contributed by atoms with Gasteiger partial charge in [-0.25, -0.2) is 9.97 Å². The van der Waals surface area contributed by atoms with E-state index in [-0.39, 0.29) is 5.91 Å². The van der Waals surface area contributed by atoms with Crippen LogP contribution in [0.1, 0.15) is 52.5 Å². The number of rotatable bonds is 4.